The molecule has 0 rings (SSSR count). The van der Waals surface area contributed by atoms with E-state index in [1.165, 1.54) is 32.1 Å². The van der Waals surface area contributed by atoms with Crippen molar-refractivity contribution in [3.05, 3.63) is 11.9 Å². The van der Waals surface area contributed by atoms with Crippen LogP contribution in [0.15, 0.2) is 11.9 Å². The molecule has 0 bridgehead atoms. The zero-order valence-corrected chi connectivity index (χ0v) is 7.03. The van der Waals surface area contributed by atoms with Gasteiger partial charge in [0.15, 0.2) is 0 Å². The first kappa shape index (κ1) is 9.17. The zero-order valence-electron chi connectivity index (χ0n) is 6.14. The third-order valence-electron chi connectivity index (χ3n) is 1.33. The predicted molar refractivity (Wildman–Crippen MR) is 44.8 cm³/mol. The topological polar surface area (TPSA) is 0 Å². The quantitative estimate of drug-likeness (QED) is 0.403. The van der Waals surface area contributed by atoms with Crippen LogP contribution in [0.2, 0.25) is 0 Å². The summed E-state index contributed by atoms with van der Waals surface area (Å²) >= 11 is 0. The minimum Gasteiger partial charge on any atom is -0.0834 e. The number of rotatable bonds is 5. The van der Waals surface area contributed by atoms with E-state index in [0.717, 1.165) is 0 Å². The second-order valence-electron chi connectivity index (χ2n) is 2.23. The lowest BCUT2D eigenvalue weighted by molar-refractivity contribution is 0.675. The van der Waals surface area contributed by atoms with Crippen LogP contribution in [0.5, 0.6) is 0 Å². The van der Waals surface area contributed by atoms with Crippen LogP contribution in [-0.4, -0.2) is 0 Å². The van der Waals surface area contributed by atoms with Crippen LogP contribution in [0.25, 0.3) is 0 Å². The monoisotopic (exact) mass is 142 g/mol. The van der Waals surface area contributed by atoms with Gasteiger partial charge in [0.05, 0.1) is 0 Å². The van der Waals surface area contributed by atoms with Crippen molar-refractivity contribution in [2.75, 3.05) is 0 Å². The standard InChI is InChI=1S/C8H15P/c1-2-3-4-5-6-7-8-9/h7-8H,2-6H2,1H3/b8-7+. The van der Waals surface area contributed by atoms with Crippen LogP contribution < -0.4 is 0 Å². The van der Waals surface area contributed by atoms with Crippen LogP contribution in [0.1, 0.15) is 39.0 Å². The van der Waals surface area contributed by atoms with Crippen molar-refractivity contribution >= 4 is 9.24 Å². The largest absolute Gasteiger partial charge is 0.0834 e. The highest BCUT2D eigenvalue weighted by Crippen LogP contribution is 2.03. The van der Waals surface area contributed by atoms with E-state index in [4.69, 9.17) is 0 Å². The van der Waals surface area contributed by atoms with E-state index in [1.807, 2.05) is 5.82 Å². The summed E-state index contributed by atoms with van der Waals surface area (Å²) in [6.07, 6.45) is 8.70. The Hall–Kier alpha value is 0.170. The van der Waals surface area contributed by atoms with Gasteiger partial charge in [-0.3, -0.25) is 0 Å². The fourth-order valence-corrected chi connectivity index (χ4v) is 0.913. The molecule has 52 valence electrons. The molecule has 0 atom stereocenters. The molecule has 0 aromatic rings. The Morgan fingerprint density at radius 3 is 2.56 bits per heavy atom. The highest BCUT2D eigenvalue weighted by atomic mass is 31.0. The number of hydrogen-bond donors (Lipinski definition) is 0. The third-order valence-corrected chi connectivity index (χ3v) is 1.54. The molecule has 2 radical (unpaired) electrons. The molecule has 0 amide bonds. The lowest BCUT2D eigenvalue weighted by Crippen LogP contribution is -1.72. The summed E-state index contributed by atoms with van der Waals surface area (Å²) in [6.45, 7) is 2.23. The summed E-state index contributed by atoms with van der Waals surface area (Å²) in [5.74, 6) is 1.83. The Morgan fingerprint density at radius 2 is 2.00 bits per heavy atom. The van der Waals surface area contributed by atoms with Gasteiger partial charge in [-0.15, -0.1) is 0 Å². The van der Waals surface area contributed by atoms with Gasteiger partial charge in [-0.25, -0.2) is 0 Å². The van der Waals surface area contributed by atoms with E-state index in [-0.39, 0.29) is 0 Å². The minimum absolute atomic E-state index is 1.20. The molecule has 0 fully saturated rings. The summed E-state index contributed by atoms with van der Waals surface area (Å²) in [4.78, 5) is 0. The van der Waals surface area contributed by atoms with Gasteiger partial charge < -0.3 is 0 Å². The lowest BCUT2D eigenvalue weighted by Gasteiger charge is -1.92. The molecule has 0 spiro atoms. The van der Waals surface area contributed by atoms with Crippen molar-refractivity contribution in [3.8, 4) is 0 Å². The summed E-state index contributed by atoms with van der Waals surface area (Å²) in [7, 11) is 3.97. The van der Waals surface area contributed by atoms with Crippen LogP contribution >= 0.6 is 9.24 Å². The van der Waals surface area contributed by atoms with Crippen molar-refractivity contribution in [3.63, 3.8) is 0 Å². The molecule has 0 aliphatic heterocycles. The van der Waals surface area contributed by atoms with Crippen LogP contribution in [0.3, 0.4) is 0 Å². The maximum Gasteiger partial charge on any atom is -0.0146 e. The Bertz CT molecular complexity index is 67.0. The SMILES string of the molecule is CCCCCC/C=C/[P]. The summed E-state index contributed by atoms with van der Waals surface area (Å²) < 4.78 is 0. The summed E-state index contributed by atoms with van der Waals surface area (Å²) in [5, 5.41) is 0. The van der Waals surface area contributed by atoms with E-state index >= 15 is 0 Å². The highest BCUT2D eigenvalue weighted by molar-refractivity contribution is 7.20. The van der Waals surface area contributed by atoms with E-state index in [9.17, 15) is 0 Å². The molecule has 0 N–H and O–H groups in total. The minimum atomic E-state index is 1.20. The maximum atomic E-state index is 3.97. The van der Waals surface area contributed by atoms with Crippen molar-refractivity contribution < 1.29 is 0 Å². The van der Waals surface area contributed by atoms with E-state index in [0.29, 0.717) is 0 Å². The number of allylic oxidation sites excluding steroid dienone is 1. The second-order valence-corrected chi connectivity index (χ2v) is 2.53. The Labute approximate surface area is 60.9 Å². The lowest BCUT2D eigenvalue weighted by atomic mass is 10.2. The molecule has 0 nitrogen and oxygen atoms in total. The Morgan fingerprint density at radius 1 is 1.22 bits per heavy atom. The molecule has 9 heavy (non-hydrogen) atoms. The Balaban J connectivity index is 2.75. The first-order chi connectivity index (χ1) is 4.41. The Kier molecular flexibility index (Phi) is 8.32. The molecule has 0 aliphatic carbocycles. The zero-order chi connectivity index (χ0) is 6.95. The smallest absolute Gasteiger partial charge is 0.0146 e. The average molecular weight is 142 g/mol. The number of hydrogen-bond acceptors (Lipinski definition) is 0. The molecule has 0 saturated carbocycles. The second kappa shape index (κ2) is 8.17. The van der Waals surface area contributed by atoms with Crippen molar-refractivity contribution in [1.82, 2.24) is 0 Å². The molecular weight excluding hydrogens is 127 g/mol. The maximum absolute atomic E-state index is 3.97. The van der Waals surface area contributed by atoms with Gasteiger partial charge in [-0.05, 0) is 22.1 Å². The molecule has 0 heterocycles. The predicted octanol–water partition coefficient (Wildman–Crippen LogP) is 3.88. The van der Waals surface area contributed by atoms with Gasteiger partial charge in [0.25, 0.3) is 0 Å². The van der Waals surface area contributed by atoms with Gasteiger partial charge in [-0.2, -0.15) is 0 Å². The van der Waals surface area contributed by atoms with Crippen LogP contribution in [0, 0.1) is 0 Å². The molecule has 0 aromatic heterocycles. The van der Waals surface area contributed by atoms with Crippen LogP contribution in [0.4, 0.5) is 0 Å². The van der Waals surface area contributed by atoms with Crippen molar-refractivity contribution in [2.45, 2.75) is 39.0 Å². The van der Waals surface area contributed by atoms with Gasteiger partial charge in [-0.1, -0.05) is 38.1 Å². The van der Waals surface area contributed by atoms with Gasteiger partial charge in [0.1, 0.15) is 0 Å². The van der Waals surface area contributed by atoms with E-state index in [1.54, 1.807) is 0 Å². The highest BCUT2D eigenvalue weighted by Gasteiger charge is 1.82. The van der Waals surface area contributed by atoms with Gasteiger partial charge in [0.2, 0.25) is 0 Å². The first-order valence-electron chi connectivity index (χ1n) is 3.71. The van der Waals surface area contributed by atoms with Crippen molar-refractivity contribution in [2.24, 2.45) is 0 Å². The third kappa shape index (κ3) is 8.17. The van der Waals surface area contributed by atoms with Crippen LogP contribution in [-0.2, 0) is 0 Å². The van der Waals surface area contributed by atoms with Crippen molar-refractivity contribution in [1.29, 1.82) is 0 Å². The average Bonchev–Trinajstić information content (AvgIpc) is 1.89. The molecule has 0 aliphatic rings. The number of unbranched alkanes of at least 4 members (excludes halogenated alkanes) is 4. The fraction of sp³-hybridized carbons (Fsp3) is 0.750. The molecular formula is C8H15P. The summed E-state index contributed by atoms with van der Waals surface area (Å²) in [6, 6.07) is 0. The fourth-order valence-electron chi connectivity index (χ4n) is 0.764. The summed E-state index contributed by atoms with van der Waals surface area (Å²) in [5.41, 5.74) is 0. The van der Waals surface area contributed by atoms with Gasteiger partial charge >= 0.3 is 0 Å². The molecule has 0 unspecified atom stereocenters. The van der Waals surface area contributed by atoms with E-state index < -0.39 is 0 Å². The van der Waals surface area contributed by atoms with E-state index in [2.05, 4.69) is 22.2 Å². The molecule has 0 aromatic carbocycles. The normalized spacial score (nSPS) is 10.9. The van der Waals surface area contributed by atoms with Gasteiger partial charge in [0, 0.05) is 0 Å². The molecule has 0 saturated heterocycles. The first-order valence-corrected chi connectivity index (χ1v) is 4.22. The molecule has 1 heteroatoms.